The van der Waals surface area contributed by atoms with Gasteiger partial charge in [-0.05, 0) is 45.3 Å². The maximum atomic E-state index is 6.31. The van der Waals surface area contributed by atoms with Crippen molar-refractivity contribution in [1.82, 2.24) is 10.3 Å². The maximum Gasteiger partial charge on any atom is 0.0851 e. The molecule has 0 amide bonds. The zero-order chi connectivity index (χ0) is 12.3. The molecule has 1 aromatic heterocycles. The highest BCUT2D eigenvalue weighted by Gasteiger charge is 2.20. The van der Waals surface area contributed by atoms with Gasteiger partial charge >= 0.3 is 0 Å². The molecular weight excluding hydrogens is 234 g/mol. The number of halogens is 1. The summed E-state index contributed by atoms with van der Waals surface area (Å²) < 4.78 is 0. The molecule has 0 unspecified atom stereocenters. The van der Waals surface area contributed by atoms with Crippen LogP contribution < -0.4 is 10.2 Å². The van der Waals surface area contributed by atoms with E-state index < -0.39 is 0 Å². The Morgan fingerprint density at radius 1 is 1.47 bits per heavy atom. The average molecular weight is 254 g/mol. The van der Waals surface area contributed by atoms with Crippen molar-refractivity contribution in [3.63, 3.8) is 0 Å². The standard InChI is InChI=1S/C13H20ClN3/c1-10-13(14)12(3-6-16-10)17-7-4-11(5-8-17)9-15-2/h3,6,11,15H,4-5,7-9H2,1-2H3. The average Bonchev–Trinajstić information content (AvgIpc) is 2.34. The first-order valence-electron chi connectivity index (χ1n) is 6.23. The van der Waals surface area contributed by atoms with E-state index >= 15 is 0 Å². The lowest BCUT2D eigenvalue weighted by molar-refractivity contribution is 0.393. The summed E-state index contributed by atoms with van der Waals surface area (Å²) in [6.45, 7) is 5.27. The van der Waals surface area contributed by atoms with Crippen LogP contribution in [0.25, 0.3) is 0 Å². The summed E-state index contributed by atoms with van der Waals surface area (Å²) in [6, 6.07) is 2.02. The molecule has 0 atom stereocenters. The first kappa shape index (κ1) is 12.7. The number of anilines is 1. The van der Waals surface area contributed by atoms with Crippen LogP contribution >= 0.6 is 11.6 Å². The molecular formula is C13H20ClN3. The number of aromatic nitrogens is 1. The van der Waals surface area contributed by atoms with Crippen LogP contribution in [0.15, 0.2) is 12.3 Å². The van der Waals surface area contributed by atoms with Crippen molar-refractivity contribution >= 4 is 17.3 Å². The van der Waals surface area contributed by atoms with Crippen molar-refractivity contribution in [2.24, 2.45) is 5.92 Å². The van der Waals surface area contributed by atoms with Crippen LogP contribution in [0.1, 0.15) is 18.5 Å². The lowest BCUT2D eigenvalue weighted by atomic mass is 9.96. The third-order valence-corrected chi connectivity index (χ3v) is 3.96. The fourth-order valence-electron chi connectivity index (χ4n) is 2.45. The fourth-order valence-corrected chi connectivity index (χ4v) is 2.68. The smallest absolute Gasteiger partial charge is 0.0851 e. The zero-order valence-electron chi connectivity index (χ0n) is 10.5. The Labute approximate surface area is 108 Å². The number of piperidine rings is 1. The van der Waals surface area contributed by atoms with E-state index in [1.165, 1.54) is 12.8 Å². The summed E-state index contributed by atoms with van der Waals surface area (Å²) in [6.07, 6.45) is 4.31. The van der Waals surface area contributed by atoms with E-state index in [0.29, 0.717) is 0 Å². The highest BCUT2D eigenvalue weighted by molar-refractivity contribution is 6.33. The van der Waals surface area contributed by atoms with Gasteiger partial charge in [0.1, 0.15) is 0 Å². The molecule has 1 aromatic rings. The molecule has 1 aliphatic heterocycles. The Morgan fingerprint density at radius 2 is 2.18 bits per heavy atom. The Bertz CT molecular complexity index is 373. The molecule has 2 rings (SSSR count). The van der Waals surface area contributed by atoms with Crippen LogP contribution in [0.2, 0.25) is 5.02 Å². The molecule has 1 saturated heterocycles. The van der Waals surface area contributed by atoms with Gasteiger partial charge in [-0.15, -0.1) is 0 Å². The lowest BCUT2D eigenvalue weighted by Gasteiger charge is -2.34. The minimum atomic E-state index is 0.804. The summed E-state index contributed by atoms with van der Waals surface area (Å²) in [7, 11) is 2.02. The van der Waals surface area contributed by atoms with Gasteiger partial charge in [-0.25, -0.2) is 0 Å². The molecule has 0 spiro atoms. The van der Waals surface area contributed by atoms with Gasteiger partial charge in [-0.1, -0.05) is 11.6 Å². The molecule has 4 heteroatoms. The van der Waals surface area contributed by atoms with E-state index in [1.807, 2.05) is 26.2 Å². The molecule has 0 radical (unpaired) electrons. The van der Waals surface area contributed by atoms with E-state index in [0.717, 1.165) is 42.0 Å². The van der Waals surface area contributed by atoms with Gasteiger partial charge in [0.25, 0.3) is 0 Å². The second-order valence-electron chi connectivity index (χ2n) is 4.72. The van der Waals surface area contributed by atoms with E-state index in [-0.39, 0.29) is 0 Å². The molecule has 0 aliphatic carbocycles. The molecule has 1 aliphatic rings. The molecule has 1 N–H and O–H groups in total. The Kier molecular flexibility index (Phi) is 4.24. The Balaban J connectivity index is 2.03. The van der Waals surface area contributed by atoms with Crippen molar-refractivity contribution < 1.29 is 0 Å². The van der Waals surface area contributed by atoms with Crippen LogP contribution in [-0.4, -0.2) is 31.7 Å². The number of pyridine rings is 1. The Morgan fingerprint density at radius 3 is 2.82 bits per heavy atom. The largest absolute Gasteiger partial charge is 0.370 e. The predicted molar refractivity (Wildman–Crippen MR) is 72.8 cm³/mol. The van der Waals surface area contributed by atoms with Crippen molar-refractivity contribution in [2.45, 2.75) is 19.8 Å². The van der Waals surface area contributed by atoms with Gasteiger partial charge in [0.2, 0.25) is 0 Å². The highest BCUT2D eigenvalue weighted by Crippen LogP contribution is 2.30. The van der Waals surface area contributed by atoms with Crippen molar-refractivity contribution in [3.05, 3.63) is 23.0 Å². The predicted octanol–water partition coefficient (Wildman–Crippen LogP) is 2.48. The van der Waals surface area contributed by atoms with Crippen LogP contribution in [0, 0.1) is 12.8 Å². The minimum absolute atomic E-state index is 0.804. The van der Waals surface area contributed by atoms with E-state index in [4.69, 9.17) is 11.6 Å². The highest BCUT2D eigenvalue weighted by atomic mass is 35.5. The number of aryl methyl sites for hydroxylation is 1. The first-order valence-corrected chi connectivity index (χ1v) is 6.61. The van der Waals surface area contributed by atoms with Crippen LogP contribution in [0.4, 0.5) is 5.69 Å². The molecule has 2 heterocycles. The van der Waals surface area contributed by atoms with Crippen molar-refractivity contribution in [3.8, 4) is 0 Å². The number of nitrogens with one attached hydrogen (secondary N) is 1. The minimum Gasteiger partial charge on any atom is -0.370 e. The summed E-state index contributed by atoms with van der Waals surface area (Å²) >= 11 is 6.31. The summed E-state index contributed by atoms with van der Waals surface area (Å²) in [5.74, 6) is 0.804. The van der Waals surface area contributed by atoms with Gasteiger partial charge in [0, 0.05) is 19.3 Å². The number of hydrogen-bond donors (Lipinski definition) is 1. The zero-order valence-corrected chi connectivity index (χ0v) is 11.3. The second kappa shape index (κ2) is 5.69. The number of nitrogens with zero attached hydrogens (tertiary/aromatic N) is 2. The van der Waals surface area contributed by atoms with Gasteiger partial charge in [-0.2, -0.15) is 0 Å². The van der Waals surface area contributed by atoms with Crippen molar-refractivity contribution in [1.29, 1.82) is 0 Å². The summed E-state index contributed by atoms with van der Waals surface area (Å²) in [5.41, 5.74) is 2.06. The fraction of sp³-hybridized carbons (Fsp3) is 0.615. The SMILES string of the molecule is CNCC1CCN(c2ccnc(C)c2Cl)CC1. The van der Waals surface area contributed by atoms with E-state index in [9.17, 15) is 0 Å². The molecule has 3 nitrogen and oxygen atoms in total. The summed E-state index contributed by atoms with van der Waals surface area (Å²) in [5, 5.41) is 4.06. The topological polar surface area (TPSA) is 28.2 Å². The molecule has 0 aromatic carbocycles. The van der Waals surface area contributed by atoms with Crippen molar-refractivity contribution in [2.75, 3.05) is 31.6 Å². The van der Waals surface area contributed by atoms with E-state index in [1.54, 1.807) is 0 Å². The summed E-state index contributed by atoms with van der Waals surface area (Å²) in [4.78, 5) is 6.59. The Hall–Kier alpha value is -0.800. The molecule has 17 heavy (non-hydrogen) atoms. The normalized spacial score (nSPS) is 17.5. The van der Waals surface area contributed by atoms with E-state index in [2.05, 4.69) is 15.2 Å². The molecule has 0 bridgehead atoms. The van der Waals surface area contributed by atoms with Gasteiger partial charge in [-0.3, -0.25) is 4.98 Å². The second-order valence-corrected chi connectivity index (χ2v) is 5.10. The van der Waals surface area contributed by atoms with Crippen LogP contribution in [0.5, 0.6) is 0 Å². The first-order chi connectivity index (χ1) is 8.22. The third kappa shape index (κ3) is 2.90. The third-order valence-electron chi connectivity index (χ3n) is 3.49. The molecule has 94 valence electrons. The number of hydrogen-bond acceptors (Lipinski definition) is 3. The molecule has 0 saturated carbocycles. The van der Waals surface area contributed by atoms with Crippen LogP contribution in [0.3, 0.4) is 0 Å². The maximum absolute atomic E-state index is 6.31. The van der Waals surface area contributed by atoms with Gasteiger partial charge in [0.15, 0.2) is 0 Å². The molecule has 1 fully saturated rings. The van der Waals surface area contributed by atoms with Gasteiger partial charge < -0.3 is 10.2 Å². The number of rotatable bonds is 3. The monoisotopic (exact) mass is 253 g/mol. The lowest BCUT2D eigenvalue weighted by Crippen LogP contribution is -2.36. The van der Waals surface area contributed by atoms with Gasteiger partial charge in [0.05, 0.1) is 16.4 Å². The quantitative estimate of drug-likeness (QED) is 0.897. The van der Waals surface area contributed by atoms with Crippen LogP contribution in [-0.2, 0) is 0 Å².